The highest BCUT2D eigenvalue weighted by atomic mass is 16.1. The summed E-state index contributed by atoms with van der Waals surface area (Å²) in [5, 5.41) is 5.96. The van der Waals surface area contributed by atoms with Crippen molar-refractivity contribution in [3.63, 3.8) is 0 Å². The zero-order chi connectivity index (χ0) is 11.4. The van der Waals surface area contributed by atoms with E-state index in [4.69, 9.17) is 0 Å². The molecule has 2 rings (SSSR count). The normalized spacial score (nSPS) is 18.6. The van der Waals surface area contributed by atoms with Gasteiger partial charge < -0.3 is 10.6 Å². The summed E-state index contributed by atoms with van der Waals surface area (Å²) in [5.41, 5.74) is 1.81. The standard InChI is InChI=1S/C13H14N2O/c1-10-7-8-12(14-9-10)15-13(16)11-5-3-2-4-6-11/h2-9,12,14H,1H3,(H,15,16). The summed E-state index contributed by atoms with van der Waals surface area (Å²) in [6.45, 7) is 2.00. The van der Waals surface area contributed by atoms with Gasteiger partial charge in [-0.2, -0.15) is 0 Å². The first-order valence-corrected chi connectivity index (χ1v) is 5.22. The maximum atomic E-state index is 11.8. The molecule has 3 nitrogen and oxygen atoms in total. The smallest absolute Gasteiger partial charge is 0.253 e. The van der Waals surface area contributed by atoms with Crippen LogP contribution in [0, 0.1) is 0 Å². The minimum absolute atomic E-state index is 0.0734. The zero-order valence-corrected chi connectivity index (χ0v) is 9.10. The Morgan fingerprint density at radius 2 is 2.06 bits per heavy atom. The number of hydrogen-bond acceptors (Lipinski definition) is 2. The third-order valence-corrected chi connectivity index (χ3v) is 2.36. The predicted octanol–water partition coefficient (Wildman–Crippen LogP) is 1.81. The molecule has 0 saturated carbocycles. The molecule has 3 heteroatoms. The molecule has 1 aromatic carbocycles. The number of benzene rings is 1. The summed E-state index contributed by atoms with van der Waals surface area (Å²) in [5.74, 6) is -0.0734. The molecule has 0 bridgehead atoms. The fourth-order valence-electron chi connectivity index (χ4n) is 1.48. The van der Waals surface area contributed by atoms with Crippen molar-refractivity contribution in [2.45, 2.75) is 13.1 Å². The van der Waals surface area contributed by atoms with Crippen LogP contribution in [0.3, 0.4) is 0 Å². The number of amides is 1. The molecule has 2 N–H and O–H groups in total. The Kier molecular flexibility index (Phi) is 3.05. The van der Waals surface area contributed by atoms with Gasteiger partial charge in [-0.3, -0.25) is 4.79 Å². The Bertz CT molecular complexity index is 435. The lowest BCUT2D eigenvalue weighted by atomic mass is 10.2. The van der Waals surface area contributed by atoms with Gasteiger partial charge in [0, 0.05) is 11.8 Å². The maximum Gasteiger partial charge on any atom is 0.253 e. The van der Waals surface area contributed by atoms with Crippen molar-refractivity contribution in [2.24, 2.45) is 0 Å². The van der Waals surface area contributed by atoms with Gasteiger partial charge in [-0.1, -0.05) is 24.3 Å². The Morgan fingerprint density at radius 1 is 1.31 bits per heavy atom. The lowest BCUT2D eigenvalue weighted by Crippen LogP contribution is -2.42. The molecule has 1 atom stereocenters. The molecule has 16 heavy (non-hydrogen) atoms. The quantitative estimate of drug-likeness (QED) is 0.788. The molecule has 1 aliphatic rings. The Hall–Kier alpha value is -2.03. The fraction of sp³-hybridized carbons (Fsp3) is 0.154. The van der Waals surface area contributed by atoms with E-state index >= 15 is 0 Å². The molecular weight excluding hydrogens is 200 g/mol. The Balaban J connectivity index is 1.97. The van der Waals surface area contributed by atoms with Crippen molar-refractivity contribution < 1.29 is 4.79 Å². The monoisotopic (exact) mass is 214 g/mol. The van der Waals surface area contributed by atoms with Gasteiger partial charge in [0.25, 0.3) is 5.91 Å². The van der Waals surface area contributed by atoms with Gasteiger partial charge in [-0.05, 0) is 30.7 Å². The predicted molar refractivity (Wildman–Crippen MR) is 63.7 cm³/mol. The number of allylic oxidation sites excluding steroid dienone is 2. The van der Waals surface area contributed by atoms with Crippen molar-refractivity contribution in [1.82, 2.24) is 10.6 Å². The molecule has 0 spiro atoms. The average Bonchev–Trinajstić information content (AvgIpc) is 2.33. The largest absolute Gasteiger partial charge is 0.368 e. The highest BCUT2D eigenvalue weighted by Crippen LogP contribution is 2.03. The molecule has 0 aromatic heterocycles. The summed E-state index contributed by atoms with van der Waals surface area (Å²) in [6.07, 6.45) is 5.66. The minimum Gasteiger partial charge on any atom is -0.368 e. The van der Waals surface area contributed by atoms with Gasteiger partial charge in [-0.15, -0.1) is 0 Å². The SMILES string of the molecule is CC1=CNC(NC(=O)c2ccccc2)C=C1. The van der Waals surface area contributed by atoms with Gasteiger partial charge in [-0.25, -0.2) is 0 Å². The van der Waals surface area contributed by atoms with Crippen LogP contribution in [0.25, 0.3) is 0 Å². The second kappa shape index (κ2) is 4.66. The van der Waals surface area contributed by atoms with Crippen LogP contribution in [0.15, 0.2) is 54.3 Å². The molecule has 1 heterocycles. The number of carbonyl (C=O) groups excluding carboxylic acids is 1. The molecule has 1 amide bonds. The average molecular weight is 214 g/mol. The Labute approximate surface area is 94.9 Å². The number of hydrogen-bond donors (Lipinski definition) is 2. The fourth-order valence-corrected chi connectivity index (χ4v) is 1.48. The van der Waals surface area contributed by atoms with Crippen molar-refractivity contribution >= 4 is 5.91 Å². The summed E-state index contributed by atoms with van der Waals surface area (Å²) in [4.78, 5) is 11.8. The summed E-state index contributed by atoms with van der Waals surface area (Å²) in [6, 6.07) is 9.18. The Morgan fingerprint density at radius 3 is 2.69 bits per heavy atom. The summed E-state index contributed by atoms with van der Waals surface area (Å²) >= 11 is 0. The van der Waals surface area contributed by atoms with Crippen LogP contribution in [0.1, 0.15) is 17.3 Å². The van der Waals surface area contributed by atoms with E-state index in [9.17, 15) is 4.79 Å². The third-order valence-electron chi connectivity index (χ3n) is 2.36. The second-order valence-corrected chi connectivity index (χ2v) is 3.73. The highest BCUT2D eigenvalue weighted by Gasteiger charge is 2.10. The first-order chi connectivity index (χ1) is 7.75. The molecule has 1 aliphatic heterocycles. The number of rotatable bonds is 2. The lowest BCUT2D eigenvalue weighted by molar-refractivity contribution is 0.0941. The van der Waals surface area contributed by atoms with Crippen LogP contribution in [0.2, 0.25) is 0 Å². The first-order valence-electron chi connectivity index (χ1n) is 5.22. The van der Waals surface area contributed by atoms with Crippen molar-refractivity contribution in [3.05, 3.63) is 59.8 Å². The first kappa shape index (κ1) is 10.5. The molecule has 82 valence electrons. The van der Waals surface area contributed by atoms with Crippen molar-refractivity contribution in [2.75, 3.05) is 0 Å². The van der Waals surface area contributed by atoms with E-state index in [-0.39, 0.29) is 12.1 Å². The van der Waals surface area contributed by atoms with E-state index in [1.165, 1.54) is 0 Å². The van der Waals surface area contributed by atoms with Crippen LogP contribution in [0.4, 0.5) is 0 Å². The molecule has 0 fully saturated rings. The van der Waals surface area contributed by atoms with Gasteiger partial charge in [0.1, 0.15) is 6.17 Å². The van der Waals surface area contributed by atoms with E-state index in [1.54, 1.807) is 12.1 Å². The molecule has 0 radical (unpaired) electrons. The van der Waals surface area contributed by atoms with Gasteiger partial charge in [0.2, 0.25) is 0 Å². The molecule has 0 aliphatic carbocycles. The summed E-state index contributed by atoms with van der Waals surface area (Å²) in [7, 11) is 0. The molecule has 1 unspecified atom stereocenters. The lowest BCUT2D eigenvalue weighted by Gasteiger charge is -2.18. The van der Waals surface area contributed by atoms with E-state index in [2.05, 4.69) is 10.6 Å². The van der Waals surface area contributed by atoms with Gasteiger partial charge in [0.05, 0.1) is 0 Å². The van der Waals surface area contributed by atoms with E-state index in [1.807, 2.05) is 43.5 Å². The highest BCUT2D eigenvalue weighted by molar-refractivity contribution is 5.94. The zero-order valence-electron chi connectivity index (χ0n) is 9.10. The topological polar surface area (TPSA) is 41.1 Å². The molecule has 1 aromatic rings. The van der Waals surface area contributed by atoms with E-state index in [0.29, 0.717) is 5.56 Å². The molecule has 0 saturated heterocycles. The number of carbonyl (C=O) groups is 1. The van der Waals surface area contributed by atoms with Crippen LogP contribution in [-0.4, -0.2) is 12.1 Å². The van der Waals surface area contributed by atoms with Crippen LogP contribution in [0.5, 0.6) is 0 Å². The second-order valence-electron chi connectivity index (χ2n) is 3.73. The molecular formula is C13H14N2O. The number of dihydropyridines is 1. The third kappa shape index (κ3) is 2.51. The minimum atomic E-state index is -0.128. The van der Waals surface area contributed by atoms with Gasteiger partial charge >= 0.3 is 0 Å². The van der Waals surface area contributed by atoms with Crippen molar-refractivity contribution in [3.8, 4) is 0 Å². The number of nitrogens with one attached hydrogen (secondary N) is 2. The van der Waals surface area contributed by atoms with Crippen LogP contribution >= 0.6 is 0 Å². The van der Waals surface area contributed by atoms with Crippen molar-refractivity contribution in [1.29, 1.82) is 0 Å². The maximum absolute atomic E-state index is 11.8. The van der Waals surface area contributed by atoms with Gasteiger partial charge in [0.15, 0.2) is 0 Å². The summed E-state index contributed by atoms with van der Waals surface area (Å²) < 4.78 is 0. The van der Waals surface area contributed by atoms with E-state index in [0.717, 1.165) is 5.57 Å². The van der Waals surface area contributed by atoms with Crippen LogP contribution < -0.4 is 10.6 Å². The van der Waals surface area contributed by atoms with Crippen LogP contribution in [-0.2, 0) is 0 Å². The van der Waals surface area contributed by atoms with E-state index < -0.39 is 0 Å².